The Morgan fingerprint density at radius 2 is 1.94 bits per heavy atom. The molecule has 16 heavy (non-hydrogen) atoms. The van der Waals surface area contributed by atoms with E-state index in [1.807, 2.05) is 30.3 Å². The zero-order valence-electron chi connectivity index (χ0n) is 8.77. The van der Waals surface area contributed by atoms with E-state index in [0.29, 0.717) is 5.89 Å². The molecular weight excluding hydrogens is 202 g/mol. The van der Waals surface area contributed by atoms with Gasteiger partial charge in [0.15, 0.2) is 0 Å². The molecule has 3 rings (SSSR count). The third-order valence-electron chi connectivity index (χ3n) is 2.87. The van der Waals surface area contributed by atoms with Crippen molar-refractivity contribution >= 4 is 0 Å². The molecule has 1 aromatic carbocycles. The van der Waals surface area contributed by atoms with Crippen molar-refractivity contribution < 1.29 is 4.42 Å². The molecule has 0 N–H and O–H groups in total. The van der Waals surface area contributed by atoms with E-state index >= 15 is 0 Å². The van der Waals surface area contributed by atoms with E-state index in [2.05, 4.69) is 4.98 Å². The van der Waals surface area contributed by atoms with Gasteiger partial charge in [0.25, 0.3) is 5.56 Å². The van der Waals surface area contributed by atoms with Crippen LogP contribution in [-0.4, -0.2) is 4.98 Å². The monoisotopic (exact) mass is 213 g/mol. The van der Waals surface area contributed by atoms with Gasteiger partial charge in [0, 0.05) is 12.0 Å². The molecule has 3 nitrogen and oxygen atoms in total. The third kappa shape index (κ3) is 1.45. The van der Waals surface area contributed by atoms with Gasteiger partial charge >= 0.3 is 0 Å². The second-order valence-corrected chi connectivity index (χ2v) is 3.95. The van der Waals surface area contributed by atoms with Gasteiger partial charge in [-0.25, -0.2) is 0 Å². The predicted molar refractivity (Wildman–Crippen MR) is 60.2 cm³/mol. The molecule has 0 fully saturated rings. The lowest BCUT2D eigenvalue weighted by molar-refractivity contribution is 0.494. The van der Waals surface area contributed by atoms with E-state index in [4.69, 9.17) is 4.42 Å². The normalized spacial score (nSPS) is 13.8. The summed E-state index contributed by atoms with van der Waals surface area (Å²) >= 11 is 0. The number of benzene rings is 1. The average molecular weight is 213 g/mol. The van der Waals surface area contributed by atoms with Crippen molar-refractivity contribution in [2.24, 2.45) is 0 Å². The Hall–Kier alpha value is -1.90. The number of aryl methyl sites for hydroxylation is 1. The highest BCUT2D eigenvalue weighted by Crippen LogP contribution is 2.23. The first kappa shape index (κ1) is 9.33. The van der Waals surface area contributed by atoms with Crippen molar-refractivity contribution in [3.05, 3.63) is 52.0 Å². The maximum absolute atomic E-state index is 11.7. The fraction of sp³-hybridized carbons (Fsp3) is 0.231. The van der Waals surface area contributed by atoms with Crippen molar-refractivity contribution in [1.82, 2.24) is 4.98 Å². The van der Waals surface area contributed by atoms with Crippen molar-refractivity contribution in [3.63, 3.8) is 0 Å². The highest BCUT2D eigenvalue weighted by molar-refractivity contribution is 5.52. The molecule has 80 valence electrons. The Balaban J connectivity index is 2.17. The quantitative estimate of drug-likeness (QED) is 0.729. The molecule has 0 radical (unpaired) electrons. The zero-order chi connectivity index (χ0) is 11.0. The summed E-state index contributed by atoms with van der Waals surface area (Å²) in [6.45, 7) is 0. The lowest BCUT2D eigenvalue weighted by Crippen LogP contribution is -2.12. The Labute approximate surface area is 92.8 Å². The molecule has 0 aliphatic heterocycles. The van der Waals surface area contributed by atoms with Gasteiger partial charge < -0.3 is 4.42 Å². The minimum atomic E-state index is -0.127. The van der Waals surface area contributed by atoms with Crippen LogP contribution in [0.4, 0.5) is 0 Å². The summed E-state index contributed by atoms with van der Waals surface area (Å²) in [5, 5.41) is 0. The molecule has 0 atom stereocenters. The van der Waals surface area contributed by atoms with Crippen molar-refractivity contribution in [2.75, 3.05) is 0 Å². The molecule has 0 spiro atoms. The highest BCUT2D eigenvalue weighted by Gasteiger charge is 2.19. The number of aromatic nitrogens is 1. The molecular formula is C13H11NO2. The van der Waals surface area contributed by atoms with Gasteiger partial charge in [-0.15, -0.1) is 0 Å². The van der Waals surface area contributed by atoms with Crippen LogP contribution in [-0.2, 0) is 12.8 Å². The molecule has 0 unspecified atom stereocenters. The minimum Gasteiger partial charge on any atom is -0.442 e. The predicted octanol–water partition coefficient (Wildman–Crippen LogP) is 2.19. The summed E-state index contributed by atoms with van der Waals surface area (Å²) in [5.41, 5.74) is 1.49. The summed E-state index contributed by atoms with van der Waals surface area (Å²) in [7, 11) is 0. The van der Waals surface area contributed by atoms with Crippen LogP contribution in [0.1, 0.15) is 17.7 Å². The zero-order valence-corrected chi connectivity index (χ0v) is 8.77. The number of fused-ring (bicyclic) bond motifs is 1. The molecule has 0 bridgehead atoms. The topological polar surface area (TPSA) is 43.1 Å². The van der Waals surface area contributed by atoms with Crippen LogP contribution >= 0.6 is 0 Å². The SMILES string of the molecule is O=c1nc(-c2ccccc2)oc2c1CCC2. The first-order valence-electron chi connectivity index (χ1n) is 5.43. The van der Waals surface area contributed by atoms with Gasteiger partial charge in [0.1, 0.15) is 5.76 Å². The van der Waals surface area contributed by atoms with Crippen LogP contribution in [0.15, 0.2) is 39.5 Å². The van der Waals surface area contributed by atoms with Gasteiger partial charge in [-0.05, 0) is 25.0 Å². The second-order valence-electron chi connectivity index (χ2n) is 3.95. The third-order valence-corrected chi connectivity index (χ3v) is 2.87. The number of hydrogen-bond acceptors (Lipinski definition) is 3. The summed E-state index contributed by atoms with van der Waals surface area (Å²) in [6.07, 6.45) is 2.65. The standard InChI is InChI=1S/C13H11NO2/c15-12-10-7-4-8-11(10)16-13(14-12)9-5-2-1-3-6-9/h1-3,5-6H,4,7-8H2. The van der Waals surface area contributed by atoms with Gasteiger partial charge in [0.2, 0.25) is 5.89 Å². The van der Waals surface area contributed by atoms with Gasteiger partial charge in [-0.1, -0.05) is 18.2 Å². The lowest BCUT2D eigenvalue weighted by atomic mass is 10.2. The van der Waals surface area contributed by atoms with Crippen molar-refractivity contribution in [3.8, 4) is 11.5 Å². The molecule has 1 aromatic heterocycles. The Bertz CT molecular complexity index is 572. The van der Waals surface area contributed by atoms with Crippen LogP contribution in [0.3, 0.4) is 0 Å². The first-order valence-corrected chi connectivity index (χ1v) is 5.43. The molecule has 0 saturated heterocycles. The van der Waals surface area contributed by atoms with E-state index in [1.165, 1.54) is 0 Å². The summed E-state index contributed by atoms with van der Waals surface area (Å²) < 4.78 is 5.68. The molecule has 0 saturated carbocycles. The molecule has 1 aliphatic rings. The van der Waals surface area contributed by atoms with E-state index in [1.54, 1.807) is 0 Å². The minimum absolute atomic E-state index is 0.127. The van der Waals surface area contributed by atoms with Crippen LogP contribution < -0.4 is 5.56 Å². The lowest BCUT2D eigenvalue weighted by Gasteiger charge is -2.02. The Morgan fingerprint density at radius 3 is 2.75 bits per heavy atom. The molecule has 2 aromatic rings. The van der Waals surface area contributed by atoms with Crippen LogP contribution in [0, 0.1) is 0 Å². The van der Waals surface area contributed by atoms with Crippen molar-refractivity contribution in [1.29, 1.82) is 0 Å². The number of hydrogen-bond donors (Lipinski definition) is 0. The van der Waals surface area contributed by atoms with E-state index in [9.17, 15) is 4.79 Å². The average Bonchev–Trinajstić information content (AvgIpc) is 2.79. The molecule has 1 aliphatic carbocycles. The first-order chi connectivity index (χ1) is 7.84. The van der Waals surface area contributed by atoms with Crippen LogP contribution in [0.2, 0.25) is 0 Å². The van der Waals surface area contributed by atoms with E-state index in [-0.39, 0.29) is 5.56 Å². The molecule has 3 heteroatoms. The van der Waals surface area contributed by atoms with Gasteiger partial charge in [-0.3, -0.25) is 4.79 Å². The maximum atomic E-state index is 11.7. The molecule has 0 amide bonds. The smallest absolute Gasteiger partial charge is 0.279 e. The Morgan fingerprint density at radius 1 is 1.12 bits per heavy atom. The Kier molecular flexibility index (Phi) is 2.10. The summed E-state index contributed by atoms with van der Waals surface area (Å²) in [5.74, 6) is 1.25. The summed E-state index contributed by atoms with van der Waals surface area (Å²) in [4.78, 5) is 15.7. The maximum Gasteiger partial charge on any atom is 0.279 e. The van der Waals surface area contributed by atoms with Crippen molar-refractivity contribution in [2.45, 2.75) is 19.3 Å². The molecule has 1 heterocycles. The highest BCUT2D eigenvalue weighted by atomic mass is 16.3. The number of rotatable bonds is 1. The summed E-state index contributed by atoms with van der Waals surface area (Å²) in [6, 6.07) is 9.53. The van der Waals surface area contributed by atoms with Gasteiger partial charge in [0.05, 0.1) is 5.56 Å². The fourth-order valence-corrected chi connectivity index (χ4v) is 2.06. The van der Waals surface area contributed by atoms with E-state index < -0.39 is 0 Å². The van der Waals surface area contributed by atoms with Crippen LogP contribution in [0.25, 0.3) is 11.5 Å². The second kappa shape index (κ2) is 3.59. The number of nitrogens with zero attached hydrogens (tertiary/aromatic N) is 1. The largest absolute Gasteiger partial charge is 0.442 e. The fourth-order valence-electron chi connectivity index (χ4n) is 2.06. The van der Waals surface area contributed by atoms with Gasteiger partial charge in [-0.2, -0.15) is 4.98 Å². The van der Waals surface area contributed by atoms with Crippen LogP contribution in [0.5, 0.6) is 0 Å². The van der Waals surface area contributed by atoms with E-state index in [0.717, 1.165) is 36.1 Å².